The van der Waals surface area contributed by atoms with Crippen LogP contribution in [-0.4, -0.2) is 79.3 Å². The number of anilines is 6. The van der Waals surface area contributed by atoms with Crippen molar-refractivity contribution in [3.63, 3.8) is 0 Å². The summed E-state index contributed by atoms with van der Waals surface area (Å²) in [4.78, 5) is 4.77. The molecular formula is C94H88N2O8. The Labute approximate surface area is 611 Å². The first kappa shape index (κ1) is 67.7. The summed E-state index contributed by atoms with van der Waals surface area (Å²) < 4.78 is 48.2. The highest BCUT2D eigenvalue weighted by Gasteiger charge is 2.49. The lowest BCUT2D eigenvalue weighted by Crippen LogP contribution is -2.46. The summed E-state index contributed by atoms with van der Waals surface area (Å²) in [5.74, 6) is 3.30. The number of benzene rings is 12. The Bertz CT molecular complexity index is 4580. The van der Waals surface area contributed by atoms with Crippen molar-refractivity contribution >= 4 is 34.1 Å². The zero-order chi connectivity index (χ0) is 70.5. The second kappa shape index (κ2) is 29.6. The first-order chi connectivity index (χ1) is 51.3. The molecule has 0 saturated carbocycles. The van der Waals surface area contributed by atoms with Gasteiger partial charge in [-0.3, -0.25) is 0 Å². The van der Waals surface area contributed by atoms with E-state index in [0.717, 1.165) is 130 Å². The number of nitrogens with zero attached hydrogens (tertiary/aromatic N) is 2. The number of hydrogen-bond acceptors (Lipinski definition) is 10. The Balaban J connectivity index is 0.747. The van der Waals surface area contributed by atoms with Crippen molar-refractivity contribution in [1.82, 2.24) is 0 Å². The molecule has 2 aliphatic carbocycles. The van der Waals surface area contributed by atoms with Gasteiger partial charge in [-0.05, 0) is 226 Å². The van der Waals surface area contributed by atoms with Crippen molar-refractivity contribution < 1.29 is 37.9 Å². The number of rotatable bonds is 29. The zero-order valence-electron chi connectivity index (χ0n) is 59.8. The van der Waals surface area contributed by atoms with Gasteiger partial charge in [0.15, 0.2) is 0 Å². The molecule has 10 nitrogen and oxygen atoms in total. The van der Waals surface area contributed by atoms with E-state index in [4.69, 9.17) is 37.9 Å². The third kappa shape index (κ3) is 12.6. The van der Waals surface area contributed by atoms with Crippen LogP contribution in [0.2, 0.25) is 0 Å². The van der Waals surface area contributed by atoms with Crippen molar-refractivity contribution in [2.24, 2.45) is 10.8 Å². The largest absolute Gasteiger partial charge is 0.493 e. The molecule has 2 aliphatic heterocycles. The monoisotopic (exact) mass is 1370 g/mol. The molecule has 0 spiro atoms. The molecule has 2 atom stereocenters. The second-order valence-electron chi connectivity index (χ2n) is 27.9. The van der Waals surface area contributed by atoms with Crippen LogP contribution in [0.25, 0.3) is 33.4 Å². The maximum absolute atomic E-state index is 6.56. The molecule has 0 aromatic heterocycles. The van der Waals surface area contributed by atoms with Gasteiger partial charge in [0, 0.05) is 47.3 Å². The quantitative estimate of drug-likeness (QED) is 0.0423. The Morgan fingerprint density at radius 1 is 0.288 bits per heavy atom. The summed E-state index contributed by atoms with van der Waals surface area (Å²) in [6, 6.07) is 106. The third-order valence-electron chi connectivity index (χ3n) is 22.0. The Hall–Kier alpha value is -10.7. The van der Waals surface area contributed by atoms with Crippen LogP contribution >= 0.6 is 0 Å². The van der Waals surface area contributed by atoms with E-state index in [-0.39, 0.29) is 10.8 Å². The van der Waals surface area contributed by atoms with Gasteiger partial charge in [-0.1, -0.05) is 184 Å². The van der Waals surface area contributed by atoms with Crippen LogP contribution in [-0.2, 0) is 29.8 Å². The number of fused-ring (bicyclic) bond motifs is 6. The molecule has 0 bridgehead atoms. The summed E-state index contributed by atoms with van der Waals surface area (Å²) in [5, 5.41) is 0. The van der Waals surface area contributed by atoms with Crippen molar-refractivity contribution in [2.75, 3.05) is 89.1 Å². The van der Waals surface area contributed by atoms with Crippen LogP contribution in [0.5, 0.6) is 23.0 Å². The summed E-state index contributed by atoms with van der Waals surface area (Å²) in [7, 11) is 0. The second-order valence-corrected chi connectivity index (χ2v) is 27.9. The van der Waals surface area contributed by atoms with Gasteiger partial charge in [-0.2, -0.15) is 0 Å². The van der Waals surface area contributed by atoms with Crippen molar-refractivity contribution in [3.8, 4) is 56.4 Å². The van der Waals surface area contributed by atoms with Gasteiger partial charge in [0.05, 0.1) is 74.5 Å². The molecule has 12 aromatic rings. The molecule has 4 aliphatic rings. The average Bonchev–Trinajstić information content (AvgIpc) is 1.54. The van der Waals surface area contributed by atoms with Gasteiger partial charge < -0.3 is 47.7 Å². The van der Waals surface area contributed by atoms with Gasteiger partial charge in [0.25, 0.3) is 0 Å². The topological polar surface area (TPSA) is 80.3 Å². The Morgan fingerprint density at radius 2 is 0.596 bits per heavy atom. The van der Waals surface area contributed by atoms with E-state index in [2.05, 4.69) is 315 Å². The van der Waals surface area contributed by atoms with E-state index in [1.54, 1.807) is 0 Å². The van der Waals surface area contributed by atoms with Crippen LogP contribution in [0.4, 0.5) is 34.1 Å². The summed E-state index contributed by atoms with van der Waals surface area (Å²) in [6.07, 6.45) is 2.02. The third-order valence-corrected chi connectivity index (χ3v) is 22.0. The maximum atomic E-state index is 6.56. The molecule has 2 heterocycles. The van der Waals surface area contributed by atoms with E-state index >= 15 is 0 Å². The summed E-state index contributed by atoms with van der Waals surface area (Å²) in [5.41, 5.74) is 21.4. The van der Waals surface area contributed by atoms with Crippen molar-refractivity contribution in [3.05, 3.63) is 336 Å². The van der Waals surface area contributed by atoms with E-state index in [1.165, 1.54) is 44.5 Å². The molecule has 104 heavy (non-hydrogen) atoms. The minimum atomic E-state index is -0.706. The first-order valence-electron chi connectivity index (χ1n) is 36.9. The molecular weight excluding hydrogens is 1290 g/mol. The maximum Gasteiger partial charge on any atom is 0.119 e. The Kier molecular flexibility index (Phi) is 19.3. The molecule has 0 N–H and O–H groups in total. The highest BCUT2D eigenvalue weighted by molar-refractivity contribution is 5.92. The standard InChI is InChI=1S/C94H88N2O8/c1-5-91(61-99-62-91)65-103-81-49-35-71(36-50-81)93(69-31-45-79(46-32-69)101-57-55-97-7-3)87-25-17-15-23-83(87)85-53-43-77(59-89(85)93)95(73-19-11-9-12-20-73)75-39-27-67(28-40-75)68-29-41-76(42-30-68)96(74-21-13-10-14-22-74)78-44-54-86-84-24-16-18-26-88(84)94(90(86)60-78,70-33-47-80(48-34-70)102-58-56-98-8-4)72-37-51-82(52-38-72)104-66-92(6-2)63-100-64-92/h9-54,59-60H,5-8,55-58,61-66H2,1-4H3. The van der Waals surface area contributed by atoms with Crippen LogP contribution in [0.1, 0.15) is 85.0 Å². The number of ether oxygens (including phenoxy) is 8. The van der Waals surface area contributed by atoms with Crippen LogP contribution in [0, 0.1) is 10.8 Å². The lowest BCUT2D eigenvalue weighted by Gasteiger charge is -2.40. The van der Waals surface area contributed by atoms with Gasteiger partial charge in [-0.15, -0.1) is 0 Å². The molecule has 522 valence electrons. The van der Waals surface area contributed by atoms with Gasteiger partial charge in [-0.25, -0.2) is 0 Å². The van der Waals surface area contributed by atoms with Gasteiger partial charge in [0.1, 0.15) is 36.2 Å². The molecule has 0 amide bonds. The minimum absolute atomic E-state index is 0.0538. The highest BCUT2D eigenvalue weighted by atomic mass is 16.5. The van der Waals surface area contributed by atoms with Crippen molar-refractivity contribution in [1.29, 1.82) is 0 Å². The van der Waals surface area contributed by atoms with Crippen LogP contribution < -0.4 is 28.7 Å². The lowest BCUT2D eigenvalue weighted by molar-refractivity contribution is -0.133. The van der Waals surface area contributed by atoms with E-state index in [1.807, 2.05) is 13.8 Å². The lowest BCUT2D eigenvalue weighted by atomic mass is 9.67. The predicted octanol–water partition coefficient (Wildman–Crippen LogP) is 21.5. The normalized spacial score (nSPS) is 16.9. The fourth-order valence-electron chi connectivity index (χ4n) is 16.0. The van der Waals surface area contributed by atoms with E-state index in [0.29, 0.717) is 52.9 Å². The fraction of sp³-hybridized carbons (Fsp3) is 0.234. The zero-order valence-corrected chi connectivity index (χ0v) is 59.8. The molecule has 16 rings (SSSR count). The summed E-state index contributed by atoms with van der Waals surface area (Å²) >= 11 is 0. The van der Waals surface area contributed by atoms with E-state index < -0.39 is 10.8 Å². The van der Waals surface area contributed by atoms with Crippen molar-refractivity contribution in [2.45, 2.75) is 51.4 Å². The molecule has 2 fully saturated rings. The molecule has 10 heteroatoms. The summed E-state index contributed by atoms with van der Waals surface area (Å²) in [6.45, 7) is 15.9. The fourth-order valence-corrected chi connectivity index (χ4v) is 16.0. The Morgan fingerprint density at radius 3 is 0.923 bits per heavy atom. The van der Waals surface area contributed by atoms with Crippen LogP contribution in [0.3, 0.4) is 0 Å². The first-order valence-corrected chi connectivity index (χ1v) is 36.9. The van der Waals surface area contributed by atoms with Crippen LogP contribution in [0.15, 0.2) is 291 Å². The SMILES string of the molecule is CCOCCOc1ccc(C2(c3ccc(OCC4(CC)COC4)cc3)c3ccccc3-c3ccc(N(c4ccccc4)c4ccc(-c5ccc(N(c6ccccc6)c6ccc7c(c6)C(c6ccc(OCCOCC)cc6)(c6ccc(OCC8(CC)COC8)cc6)c6ccccc6-7)cc5)cc4)cc32)cc1. The van der Waals surface area contributed by atoms with Gasteiger partial charge >= 0.3 is 0 Å². The average molecular weight is 1370 g/mol. The number of para-hydroxylation sites is 2. The molecule has 2 saturated heterocycles. The molecule has 2 unspecified atom stereocenters. The highest BCUT2D eigenvalue weighted by Crippen LogP contribution is 2.60. The predicted molar refractivity (Wildman–Crippen MR) is 418 cm³/mol. The van der Waals surface area contributed by atoms with E-state index in [9.17, 15) is 0 Å². The van der Waals surface area contributed by atoms with Gasteiger partial charge in [0.2, 0.25) is 0 Å². The molecule has 12 aromatic carbocycles. The smallest absolute Gasteiger partial charge is 0.119 e. The molecule has 0 radical (unpaired) electrons. The minimum Gasteiger partial charge on any atom is -0.493 e. The number of hydrogen-bond donors (Lipinski definition) is 0.